The van der Waals surface area contributed by atoms with Gasteiger partial charge < -0.3 is 19.9 Å². The molecule has 98 valence electrons. The van der Waals surface area contributed by atoms with Gasteiger partial charge in [0.05, 0.1) is 6.10 Å². The molecule has 6 heteroatoms. The minimum Gasteiger partial charge on any atom is -0.480 e. The zero-order valence-corrected chi connectivity index (χ0v) is 10.4. The van der Waals surface area contributed by atoms with Crippen LogP contribution in [-0.2, 0) is 19.1 Å². The van der Waals surface area contributed by atoms with E-state index in [0.717, 1.165) is 0 Å². The zero-order valence-electron chi connectivity index (χ0n) is 10.4. The first kappa shape index (κ1) is 13.9. The Kier molecular flexibility index (Phi) is 4.47. The van der Waals surface area contributed by atoms with Crippen LogP contribution in [0.3, 0.4) is 0 Å². The summed E-state index contributed by atoms with van der Waals surface area (Å²) in [6.07, 6.45) is 0.126. The number of esters is 1. The van der Waals surface area contributed by atoms with E-state index in [1.165, 1.54) is 0 Å². The standard InChI is InChI=1S/C11H19NO5/c1-11(2,3)17-9(13)6-16-7-4-8(10(14)15)12-5-7/h7-8,12H,4-6H2,1-3H3,(H,14,15)/t7-,8+/m0/s1. The van der Waals surface area contributed by atoms with Gasteiger partial charge in [-0.3, -0.25) is 4.79 Å². The van der Waals surface area contributed by atoms with E-state index >= 15 is 0 Å². The van der Waals surface area contributed by atoms with Gasteiger partial charge >= 0.3 is 11.9 Å². The lowest BCUT2D eigenvalue weighted by molar-refractivity contribution is -0.161. The summed E-state index contributed by atoms with van der Waals surface area (Å²) in [5.74, 6) is -1.33. The van der Waals surface area contributed by atoms with Crippen LogP contribution in [0.5, 0.6) is 0 Å². The molecule has 0 unspecified atom stereocenters. The maximum atomic E-state index is 11.3. The monoisotopic (exact) mass is 245 g/mol. The molecule has 0 aromatic rings. The van der Waals surface area contributed by atoms with Crippen LogP contribution in [0, 0.1) is 0 Å². The molecule has 0 spiro atoms. The maximum absolute atomic E-state index is 11.3. The van der Waals surface area contributed by atoms with Crippen LogP contribution < -0.4 is 5.32 Å². The lowest BCUT2D eigenvalue weighted by Gasteiger charge is -2.20. The van der Waals surface area contributed by atoms with Crippen molar-refractivity contribution in [2.75, 3.05) is 13.2 Å². The van der Waals surface area contributed by atoms with E-state index in [9.17, 15) is 9.59 Å². The fraction of sp³-hybridized carbons (Fsp3) is 0.818. The third-order valence-electron chi connectivity index (χ3n) is 2.25. The van der Waals surface area contributed by atoms with E-state index in [1.807, 2.05) is 0 Å². The molecular weight excluding hydrogens is 226 g/mol. The fourth-order valence-electron chi connectivity index (χ4n) is 1.58. The van der Waals surface area contributed by atoms with E-state index in [1.54, 1.807) is 20.8 Å². The summed E-state index contributed by atoms with van der Waals surface area (Å²) in [6, 6.07) is -0.585. The minimum atomic E-state index is -0.895. The predicted octanol–water partition coefficient (Wildman–Crippen LogP) is 0.160. The van der Waals surface area contributed by atoms with Crippen molar-refractivity contribution < 1.29 is 24.2 Å². The first-order valence-electron chi connectivity index (χ1n) is 5.57. The van der Waals surface area contributed by atoms with Gasteiger partial charge in [-0.1, -0.05) is 0 Å². The summed E-state index contributed by atoms with van der Waals surface area (Å²) < 4.78 is 10.4. The molecule has 1 saturated heterocycles. The van der Waals surface area contributed by atoms with Crippen LogP contribution in [0.25, 0.3) is 0 Å². The number of carboxylic acids is 1. The molecule has 1 heterocycles. The third-order valence-corrected chi connectivity index (χ3v) is 2.25. The lowest BCUT2D eigenvalue weighted by Crippen LogP contribution is -2.30. The highest BCUT2D eigenvalue weighted by molar-refractivity contribution is 5.74. The first-order valence-corrected chi connectivity index (χ1v) is 5.57. The second kappa shape index (κ2) is 5.46. The van der Waals surface area contributed by atoms with Gasteiger partial charge in [0.2, 0.25) is 0 Å². The Bertz CT molecular complexity index is 297. The Morgan fingerprint density at radius 3 is 2.53 bits per heavy atom. The molecule has 0 radical (unpaired) electrons. The van der Waals surface area contributed by atoms with Crippen molar-refractivity contribution in [2.45, 2.75) is 44.9 Å². The molecule has 0 bridgehead atoms. The minimum absolute atomic E-state index is 0.143. The summed E-state index contributed by atoms with van der Waals surface area (Å²) >= 11 is 0. The summed E-state index contributed by atoms with van der Waals surface area (Å²) in [7, 11) is 0. The van der Waals surface area contributed by atoms with Gasteiger partial charge in [0.1, 0.15) is 18.2 Å². The fourth-order valence-corrected chi connectivity index (χ4v) is 1.58. The molecule has 2 atom stereocenters. The molecule has 1 rings (SSSR count). The molecular formula is C11H19NO5. The van der Waals surface area contributed by atoms with Crippen LogP contribution in [0.15, 0.2) is 0 Å². The number of carbonyl (C=O) groups excluding carboxylic acids is 1. The molecule has 0 amide bonds. The van der Waals surface area contributed by atoms with Gasteiger partial charge in [-0.15, -0.1) is 0 Å². The first-order chi connectivity index (χ1) is 7.78. The van der Waals surface area contributed by atoms with E-state index in [4.69, 9.17) is 14.6 Å². The number of aliphatic carboxylic acids is 1. The summed E-state index contributed by atoms with van der Waals surface area (Å²) in [4.78, 5) is 22.0. The van der Waals surface area contributed by atoms with E-state index in [2.05, 4.69) is 5.32 Å². The molecule has 0 aliphatic carbocycles. The molecule has 0 aromatic carbocycles. The van der Waals surface area contributed by atoms with Crippen molar-refractivity contribution in [2.24, 2.45) is 0 Å². The Morgan fingerprint density at radius 2 is 2.06 bits per heavy atom. The van der Waals surface area contributed by atoms with Crippen molar-refractivity contribution in [3.63, 3.8) is 0 Å². The van der Waals surface area contributed by atoms with Gasteiger partial charge in [-0.25, -0.2) is 4.79 Å². The second-order valence-electron chi connectivity index (χ2n) is 5.05. The summed E-state index contributed by atoms with van der Waals surface area (Å²) in [5.41, 5.74) is -0.530. The quantitative estimate of drug-likeness (QED) is 0.686. The number of carboxylic acid groups (broad SMARTS) is 1. The van der Waals surface area contributed by atoms with E-state index in [0.29, 0.717) is 13.0 Å². The Labute approximate surface area is 100 Å². The SMILES string of the molecule is CC(C)(C)OC(=O)CO[C@@H]1CN[C@@H](C(=O)O)C1. The van der Waals surface area contributed by atoms with Crippen LogP contribution >= 0.6 is 0 Å². The number of nitrogens with one attached hydrogen (secondary N) is 1. The van der Waals surface area contributed by atoms with E-state index in [-0.39, 0.29) is 12.7 Å². The average Bonchev–Trinajstić information content (AvgIpc) is 2.60. The lowest BCUT2D eigenvalue weighted by atomic mass is 10.2. The van der Waals surface area contributed by atoms with Crippen LogP contribution in [0.4, 0.5) is 0 Å². The Balaban J connectivity index is 2.24. The van der Waals surface area contributed by atoms with Crippen molar-refractivity contribution in [1.82, 2.24) is 5.32 Å². The van der Waals surface area contributed by atoms with Crippen molar-refractivity contribution in [3.8, 4) is 0 Å². The van der Waals surface area contributed by atoms with Gasteiger partial charge in [0.25, 0.3) is 0 Å². The Morgan fingerprint density at radius 1 is 1.41 bits per heavy atom. The summed E-state index contributed by atoms with van der Waals surface area (Å²) in [5, 5.41) is 11.6. The highest BCUT2D eigenvalue weighted by Gasteiger charge is 2.30. The normalized spacial score (nSPS) is 24.6. The van der Waals surface area contributed by atoms with Gasteiger partial charge in [0.15, 0.2) is 0 Å². The molecule has 1 aliphatic rings. The zero-order chi connectivity index (χ0) is 13.1. The third kappa shape index (κ3) is 5.14. The van der Waals surface area contributed by atoms with Crippen LogP contribution in [0.1, 0.15) is 27.2 Å². The Hall–Kier alpha value is -1.14. The van der Waals surface area contributed by atoms with Crippen molar-refractivity contribution in [1.29, 1.82) is 0 Å². The number of rotatable bonds is 4. The number of carbonyl (C=O) groups is 2. The van der Waals surface area contributed by atoms with Gasteiger partial charge in [0, 0.05) is 13.0 Å². The maximum Gasteiger partial charge on any atom is 0.332 e. The number of hydrogen-bond donors (Lipinski definition) is 2. The highest BCUT2D eigenvalue weighted by atomic mass is 16.6. The molecule has 1 aliphatic heterocycles. The molecule has 6 nitrogen and oxygen atoms in total. The number of ether oxygens (including phenoxy) is 2. The average molecular weight is 245 g/mol. The predicted molar refractivity (Wildman–Crippen MR) is 59.6 cm³/mol. The largest absolute Gasteiger partial charge is 0.480 e. The highest BCUT2D eigenvalue weighted by Crippen LogP contribution is 2.12. The van der Waals surface area contributed by atoms with Crippen LogP contribution in [-0.4, -0.2) is 47.9 Å². The molecule has 0 saturated carbocycles. The van der Waals surface area contributed by atoms with Crippen molar-refractivity contribution in [3.05, 3.63) is 0 Å². The summed E-state index contributed by atoms with van der Waals surface area (Å²) in [6.45, 7) is 5.64. The van der Waals surface area contributed by atoms with Gasteiger partial charge in [-0.2, -0.15) is 0 Å². The molecule has 2 N–H and O–H groups in total. The molecule has 0 aromatic heterocycles. The molecule has 17 heavy (non-hydrogen) atoms. The van der Waals surface area contributed by atoms with Crippen molar-refractivity contribution >= 4 is 11.9 Å². The van der Waals surface area contributed by atoms with E-state index < -0.39 is 23.6 Å². The second-order valence-corrected chi connectivity index (χ2v) is 5.05. The topological polar surface area (TPSA) is 84.9 Å². The van der Waals surface area contributed by atoms with Gasteiger partial charge in [-0.05, 0) is 20.8 Å². The smallest absolute Gasteiger partial charge is 0.332 e. The number of hydrogen-bond acceptors (Lipinski definition) is 5. The molecule has 1 fully saturated rings. The van der Waals surface area contributed by atoms with Crippen LogP contribution in [0.2, 0.25) is 0 Å².